The second kappa shape index (κ2) is 2.30. The van der Waals surface area contributed by atoms with Crippen molar-refractivity contribution in [3.05, 3.63) is 11.6 Å². The topological polar surface area (TPSA) is 55.5 Å². The van der Waals surface area contributed by atoms with Gasteiger partial charge in [0.15, 0.2) is 11.5 Å². The minimum absolute atomic E-state index is 0.308. The van der Waals surface area contributed by atoms with Crippen molar-refractivity contribution in [1.29, 1.82) is 0 Å². The Morgan fingerprint density at radius 2 is 2.33 bits per heavy atom. The van der Waals surface area contributed by atoms with Crippen LogP contribution in [0.3, 0.4) is 0 Å². The van der Waals surface area contributed by atoms with Gasteiger partial charge in [0.2, 0.25) is 0 Å². The molecule has 12 heavy (non-hydrogen) atoms. The predicted molar refractivity (Wildman–Crippen MR) is 46.6 cm³/mol. The third-order valence-electron chi connectivity index (χ3n) is 2.07. The van der Waals surface area contributed by atoms with Crippen molar-refractivity contribution in [1.82, 2.24) is 0 Å². The van der Waals surface area contributed by atoms with Crippen LogP contribution in [0.1, 0.15) is 18.9 Å². The van der Waals surface area contributed by atoms with Crippen LogP contribution in [0.2, 0.25) is 0 Å². The lowest BCUT2D eigenvalue weighted by molar-refractivity contribution is 0.404. The zero-order valence-electron chi connectivity index (χ0n) is 6.92. The number of hydrogen-bond donors (Lipinski definition) is 2. The van der Waals surface area contributed by atoms with Crippen molar-refractivity contribution in [3.8, 4) is 17.2 Å². The highest BCUT2D eigenvalue weighted by Gasteiger charge is 2.26. The number of phenolic OH excluding ortho intramolecular Hbond substituents is 1. The van der Waals surface area contributed by atoms with Crippen molar-refractivity contribution in [3.63, 3.8) is 0 Å². The molecule has 0 unspecified atom stereocenters. The molecule has 0 amide bonds. The summed E-state index contributed by atoms with van der Waals surface area (Å²) in [6.07, 6.45) is 1.79. The van der Waals surface area contributed by atoms with Gasteiger partial charge in [-0.1, -0.05) is 13.3 Å². The van der Waals surface area contributed by atoms with E-state index >= 15 is 0 Å². The molecule has 3 heteroatoms. The highest BCUT2D eigenvalue weighted by molar-refractivity contribution is 5.77. The van der Waals surface area contributed by atoms with Crippen LogP contribution in [-0.2, 0) is 6.42 Å². The number of rotatable bonds is 2. The SMILES string of the molecule is CCCc1c(O)cc2c(N)c1O2. The Hall–Kier alpha value is -1.38. The molecule has 3 nitrogen and oxygen atoms in total. The van der Waals surface area contributed by atoms with Gasteiger partial charge in [-0.2, -0.15) is 0 Å². The van der Waals surface area contributed by atoms with Crippen LogP contribution in [0.5, 0.6) is 17.2 Å². The first-order valence-corrected chi connectivity index (χ1v) is 4.06. The molecule has 0 saturated carbocycles. The normalized spacial score (nSPS) is 12.1. The third-order valence-corrected chi connectivity index (χ3v) is 2.07. The molecular formula is C9H11NO2. The maximum atomic E-state index is 9.45. The fourth-order valence-corrected chi connectivity index (χ4v) is 1.44. The molecule has 0 aliphatic carbocycles. The summed E-state index contributed by atoms with van der Waals surface area (Å²) >= 11 is 0. The number of phenols is 1. The number of fused-ring (bicyclic) bond motifs is 2. The van der Waals surface area contributed by atoms with Crippen LogP contribution in [0, 0.1) is 0 Å². The molecule has 2 heterocycles. The van der Waals surface area contributed by atoms with E-state index in [0.717, 1.165) is 18.4 Å². The number of benzene rings is 1. The van der Waals surface area contributed by atoms with E-state index in [4.69, 9.17) is 10.5 Å². The minimum atomic E-state index is 0.308. The van der Waals surface area contributed by atoms with Gasteiger partial charge in [0.05, 0.1) is 0 Å². The molecule has 1 aromatic rings. The molecule has 3 N–H and O–H groups in total. The van der Waals surface area contributed by atoms with Crippen LogP contribution in [0.15, 0.2) is 6.07 Å². The van der Waals surface area contributed by atoms with E-state index in [2.05, 4.69) is 6.92 Å². The van der Waals surface area contributed by atoms with Crippen molar-refractivity contribution in [2.45, 2.75) is 19.8 Å². The maximum absolute atomic E-state index is 9.45. The Kier molecular flexibility index (Phi) is 1.40. The van der Waals surface area contributed by atoms with E-state index in [1.807, 2.05) is 0 Å². The van der Waals surface area contributed by atoms with E-state index in [-0.39, 0.29) is 0 Å². The molecule has 0 aromatic heterocycles. The number of aromatic hydroxyl groups is 1. The van der Waals surface area contributed by atoms with Crippen LogP contribution >= 0.6 is 0 Å². The Balaban J connectivity index is 2.47. The van der Waals surface area contributed by atoms with E-state index in [0.29, 0.717) is 22.9 Å². The zero-order chi connectivity index (χ0) is 8.72. The van der Waals surface area contributed by atoms with E-state index in [1.54, 1.807) is 6.07 Å². The quantitative estimate of drug-likeness (QED) is 0.528. The summed E-state index contributed by atoms with van der Waals surface area (Å²) in [7, 11) is 0. The van der Waals surface area contributed by atoms with Crippen LogP contribution < -0.4 is 10.5 Å². The zero-order valence-corrected chi connectivity index (χ0v) is 6.92. The maximum Gasteiger partial charge on any atom is 0.161 e. The molecule has 0 saturated heterocycles. The average molecular weight is 165 g/mol. The van der Waals surface area contributed by atoms with E-state index < -0.39 is 0 Å². The summed E-state index contributed by atoms with van der Waals surface area (Å²) in [5, 5.41) is 9.45. The number of nitrogens with two attached hydrogens (primary N) is 1. The molecule has 2 bridgehead atoms. The van der Waals surface area contributed by atoms with Gasteiger partial charge in [-0.15, -0.1) is 0 Å². The molecule has 2 aliphatic rings. The van der Waals surface area contributed by atoms with Crippen molar-refractivity contribution < 1.29 is 9.84 Å². The Bertz CT molecular complexity index is 334. The monoisotopic (exact) mass is 165 g/mol. The van der Waals surface area contributed by atoms with Crippen molar-refractivity contribution in [2.75, 3.05) is 5.73 Å². The predicted octanol–water partition coefficient (Wildman–Crippen LogP) is 2.03. The molecule has 3 rings (SSSR count). The van der Waals surface area contributed by atoms with Crippen LogP contribution in [-0.4, -0.2) is 5.11 Å². The summed E-state index contributed by atoms with van der Waals surface area (Å²) in [5.74, 6) is 1.58. The molecule has 1 aromatic carbocycles. The Morgan fingerprint density at radius 1 is 1.58 bits per heavy atom. The average Bonchev–Trinajstić information content (AvgIpc) is 2.07. The van der Waals surface area contributed by atoms with Gasteiger partial charge in [-0.3, -0.25) is 0 Å². The third kappa shape index (κ3) is 0.763. The first kappa shape index (κ1) is 7.28. The molecule has 0 atom stereocenters. The standard InChI is InChI=1S/C9H11NO2/c1-2-3-5-6(11)4-7-8(10)9(5)12-7/h4,11H,2-3,10H2,1H3. The Labute approximate surface area is 70.8 Å². The largest absolute Gasteiger partial charge is 0.507 e. The first-order chi connectivity index (χ1) is 5.74. The van der Waals surface area contributed by atoms with Crippen LogP contribution in [0.25, 0.3) is 0 Å². The second-order valence-corrected chi connectivity index (χ2v) is 2.97. The number of anilines is 1. The van der Waals surface area contributed by atoms with Gasteiger partial charge in [0, 0.05) is 11.6 Å². The molecule has 64 valence electrons. The molecule has 2 aliphatic heterocycles. The van der Waals surface area contributed by atoms with Gasteiger partial charge in [0.1, 0.15) is 11.4 Å². The van der Waals surface area contributed by atoms with Gasteiger partial charge in [-0.05, 0) is 6.42 Å². The highest BCUT2D eigenvalue weighted by atomic mass is 16.5. The van der Waals surface area contributed by atoms with Gasteiger partial charge in [0.25, 0.3) is 0 Å². The fourth-order valence-electron chi connectivity index (χ4n) is 1.44. The number of ether oxygens (including phenoxy) is 1. The first-order valence-electron chi connectivity index (χ1n) is 4.06. The molecule has 0 spiro atoms. The summed E-state index contributed by atoms with van der Waals surface area (Å²) < 4.78 is 5.22. The number of nitrogen functional groups attached to an aromatic ring is 1. The minimum Gasteiger partial charge on any atom is -0.507 e. The van der Waals surface area contributed by atoms with Crippen molar-refractivity contribution >= 4 is 5.69 Å². The Morgan fingerprint density at radius 3 is 2.92 bits per heavy atom. The smallest absolute Gasteiger partial charge is 0.161 e. The fraction of sp³-hybridized carbons (Fsp3) is 0.333. The summed E-state index contributed by atoms with van der Waals surface area (Å²) in [6, 6.07) is 1.58. The summed E-state index contributed by atoms with van der Waals surface area (Å²) in [5.41, 5.74) is 7.17. The summed E-state index contributed by atoms with van der Waals surface area (Å²) in [4.78, 5) is 0. The number of hydrogen-bond acceptors (Lipinski definition) is 3. The lowest BCUT2D eigenvalue weighted by atomic mass is 10.0. The van der Waals surface area contributed by atoms with E-state index in [9.17, 15) is 5.11 Å². The molecule has 0 radical (unpaired) electrons. The lowest BCUT2D eigenvalue weighted by Crippen LogP contribution is -2.08. The molecule has 0 fully saturated rings. The molecular weight excluding hydrogens is 154 g/mol. The van der Waals surface area contributed by atoms with Gasteiger partial charge in [-0.25, -0.2) is 0 Å². The highest BCUT2D eigenvalue weighted by Crippen LogP contribution is 2.52. The lowest BCUT2D eigenvalue weighted by Gasteiger charge is -2.25. The van der Waals surface area contributed by atoms with Crippen LogP contribution in [0.4, 0.5) is 5.69 Å². The van der Waals surface area contributed by atoms with Crippen molar-refractivity contribution in [2.24, 2.45) is 0 Å². The van der Waals surface area contributed by atoms with Gasteiger partial charge >= 0.3 is 0 Å². The van der Waals surface area contributed by atoms with E-state index in [1.165, 1.54) is 0 Å². The van der Waals surface area contributed by atoms with Gasteiger partial charge < -0.3 is 15.6 Å². The second-order valence-electron chi connectivity index (χ2n) is 2.97. The summed E-state index contributed by atoms with van der Waals surface area (Å²) in [6.45, 7) is 2.05.